The molecule has 0 saturated heterocycles. The van der Waals surface area contributed by atoms with Crippen molar-refractivity contribution in [2.24, 2.45) is 0 Å². The Morgan fingerprint density at radius 3 is 2.48 bits per heavy atom. The van der Waals surface area contributed by atoms with Gasteiger partial charge in [0.25, 0.3) is 5.91 Å². The molecule has 0 saturated carbocycles. The average molecular weight is 357 g/mol. The van der Waals surface area contributed by atoms with Crippen molar-refractivity contribution in [3.63, 3.8) is 0 Å². The van der Waals surface area contributed by atoms with Gasteiger partial charge in [-0.1, -0.05) is 11.6 Å². The number of aromatic nitrogens is 1. The smallest absolute Gasteiger partial charge is 0.320 e. The molecule has 0 fully saturated rings. The van der Waals surface area contributed by atoms with Gasteiger partial charge in [-0.15, -0.1) is 11.3 Å². The van der Waals surface area contributed by atoms with Crippen molar-refractivity contribution in [3.8, 4) is 0 Å². The summed E-state index contributed by atoms with van der Waals surface area (Å²) in [4.78, 5) is 16.1. The molecule has 1 aromatic heterocycles. The summed E-state index contributed by atoms with van der Waals surface area (Å²) in [6, 6.07) is 9.70. The molecule has 8 heteroatoms. The van der Waals surface area contributed by atoms with E-state index in [1.807, 2.05) is 0 Å². The van der Waals surface area contributed by atoms with E-state index in [-0.39, 0.29) is 10.5 Å². The van der Waals surface area contributed by atoms with E-state index in [1.165, 1.54) is 6.07 Å². The maximum absolute atomic E-state index is 12.7. The summed E-state index contributed by atoms with van der Waals surface area (Å²) < 4.78 is 38.6. The number of nitrogens with one attached hydrogen (secondary N) is 1. The molecular formula is C15H8ClF3N2OS. The zero-order chi connectivity index (χ0) is 16.6. The number of thiazole rings is 1. The van der Waals surface area contributed by atoms with Crippen LogP contribution in [0.5, 0.6) is 0 Å². The van der Waals surface area contributed by atoms with Gasteiger partial charge in [-0.25, -0.2) is 4.98 Å². The van der Waals surface area contributed by atoms with Gasteiger partial charge in [-0.2, -0.15) is 13.2 Å². The summed E-state index contributed by atoms with van der Waals surface area (Å²) in [6.45, 7) is 0. The highest BCUT2D eigenvalue weighted by molar-refractivity contribution is 7.20. The Morgan fingerprint density at radius 1 is 1.13 bits per heavy atom. The van der Waals surface area contributed by atoms with E-state index in [1.54, 1.807) is 24.3 Å². The molecule has 1 heterocycles. The van der Waals surface area contributed by atoms with E-state index in [4.69, 9.17) is 11.6 Å². The molecule has 3 aromatic rings. The number of nitrogens with zero attached hydrogens (tertiary/aromatic N) is 1. The molecule has 23 heavy (non-hydrogen) atoms. The van der Waals surface area contributed by atoms with Crippen LogP contribution in [-0.4, -0.2) is 10.9 Å². The van der Waals surface area contributed by atoms with Crippen LogP contribution in [0.2, 0.25) is 5.02 Å². The van der Waals surface area contributed by atoms with Gasteiger partial charge in [-0.05, 0) is 42.5 Å². The molecule has 2 aromatic carbocycles. The Morgan fingerprint density at radius 2 is 1.83 bits per heavy atom. The van der Waals surface area contributed by atoms with Crippen LogP contribution >= 0.6 is 22.9 Å². The highest BCUT2D eigenvalue weighted by Crippen LogP contribution is 2.33. The van der Waals surface area contributed by atoms with Gasteiger partial charge in [0, 0.05) is 10.7 Å². The first kappa shape index (κ1) is 15.8. The quantitative estimate of drug-likeness (QED) is 0.684. The maximum atomic E-state index is 12.7. The minimum atomic E-state index is -4.44. The van der Waals surface area contributed by atoms with Gasteiger partial charge in [0.2, 0.25) is 0 Å². The summed E-state index contributed by atoms with van der Waals surface area (Å²) in [5, 5.41) is 3.24. The third-order valence-corrected chi connectivity index (χ3v) is 4.30. The summed E-state index contributed by atoms with van der Waals surface area (Å²) in [5.41, 5.74) is -0.124. The van der Waals surface area contributed by atoms with Crippen molar-refractivity contribution >= 4 is 44.7 Å². The number of halogens is 4. The molecule has 3 nitrogen and oxygen atoms in total. The third-order valence-electron chi connectivity index (χ3n) is 3.01. The lowest BCUT2D eigenvalue weighted by atomic mass is 10.2. The fourth-order valence-corrected chi connectivity index (χ4v) is 2.89. The third kappa shape index (κ3) is 3.46. The summed E-state index contributed by atoms with van der Waals surface area (Å²) in [5.74, 6) is -0.484. The highest BCUT2D eigenvalue weighted by Gasteiger charge is 2.31. The number of hydrogen-bond acceptors (Lipinski definition) is 3. The molecule has 0 unspecified atom stereocenters. The number of anilines is 1. The monoisotopic (exact) mass is 356 g/mol. The Bertz CT molecular complexity index is 875. The van der Waals surface area contributed by atoms with Crippen LogP contribution in [0.25, 0.3) is 10.2 Å². The predicted octanol–water partition coefficient (Wildman–Crippen LogP) is 5.22. The SMILES string of the molecule is O=C(Nc1ccc(Cl)cc1)c1nc2cc(C(F)(F)F)ccc2s1. The fourth-order valence-electron chi connectivity index (χ4n) is 1.92. The number of carbonyl (C=O) groups excluding carboxylic acids is 1. The van der Waals surface area contributed by atoms with Crippen LogP contribution in [0.1, 0.15) is 15.4 Å². The zero-order valence-electron chi connectivity index (χ0n) is 11.3. The first-order chi connectivity index (χ1) is 10.8. The predicted molar refractivity (Wildman–Crippen MR) is 84.0 cm³/mol. The standard InChI is InChI=1S/C15H8ClF3N2OS/c16-9-2-4-10(5-3-9)20-13(22)14-21-11-7-8(15(17,18)19)1-6-12(11)23-14/h1-7H,(H,20,22). The second-order valence-corrected chi connectivity index (χ2v) is 6.13. The molecule has 0 aliphatic rings. The van der Waals surface area contributed by atoms with Crippen LogP contribution < -0.4 is 5.32 Å². The second-order valence-electron chi connectivity index (χ2n) is 4.66. The Balaban J connectivity index is 1.87. The van der Waals surface area contributed by atoms with Crippen molar-refractivity contribution in [1.29, 1.82) is 0 Å². The van der Waals surface area contributed by atoms with Gasteiger partial charge in [-0.3, -0.25) is 4.79 Å². The van der Waals surface area contributed by atoms with Gasteiger partial charge in [0.15, 0.2) is 5.01 Å². The molecule has 0 aliphatic carbocycles. The minimum absolute atomic E-state index is 0.0919. The van der Waals surface area contributed by atoms with Gasteiger partial charge in [0.05, 0.1) is 15.8 Å². The van der Waals surface area contributed by atoms with E-state index in [0.29, 0.717) is 15.4 Å². The molecule has 0 spiro atoms. The summed E-state index contributed by atoms with van der Waals surface area (Å²) in [7, 11) is 0. The van der Waals surface area contributed by atoms with Gasteiger partial charge in [0.1, 0.15) is 0 Å². The lowest BCUT2D eigenvalue weighted by molar-refractivity contribution is -0.137. The molecule has 0 radical (unpaired) electrons. The van der Waals surface area contributed by atoms with E-state index in [9.17, 15) is 18.0 Å². The van der Waals surface area contributed by atoms with E-state index >= 15 is 0 Å². The largest absolute Gasteiger partial charge is 0.416 e. The zero-order valence-corrected chi connectivity index (χ0v) is 12.9. The van der Waals surface area contributed by atoms with Gasteiger partial charge >= 0.3 is 6.18 Å². The fraction of sp³-hybridized carbons (Fsp3) is 0.0667. The molecule has 118 valence electrons. The van der Waals surface area contributed by atoms with Crippen molar-refractivity contribution in [2.45, 2.75) is 6.18 Å². The molecule has 3 rings (SSSR count). The van der Waals surface area contributed by atoms with Gasteiger partial charge < -0.3 is 5.32 Å². The van der Waals surface area contributed by atoms with Crippen molar-refractivity contribution in [1.82, 2.24) is 4.98 Å². The van der Waals surface area contributed by atoms with Crippen LogP contribution in [0.4, 0.5) is 18.9 Å². The summed E-state index contributed by atoms with van der Waals surface area (Å²) in [6.07, 6.45) is -4.44. The number of amides is 1. The first-order valence-corrected chi connectivity index (χ1v) is 7.57. The number of fused-ring (bicyclic) bond motifs is 1. The van der Waals surface area contributed by atoms with Crippen LogP contribution in [0.15, 0.2) is 42.5 Å². The van der Waals surface area contributed by atoms with Crippen LogP contribution in [0, 0.1) is 0 Å². The van der Waals surface area contributed by atoms with Crippen molar-refractivity contribution in [3.05, 3.63) is 58.1 Å². The van der Waals surface area contributed by atoms with E-state index in [0.717, 1.165) is 23.5 Å². The minimum Gasteiger partial charge on any atom is -0.320 e. The van der Waals surface area contributed by atoms with Crippen molar-refractivity contribution in [2.75, 3.05) is 5.32 Å². The molecule has 0 atom stereocenters. The molecule has 1 amide bonds. The van der Waals surface area contributed by atoms with Crippen LogP contribution in [-0.2, 0) is 6.18 Å². The number of rotatable bonds is 2. The maximum Gasteiger partial charge on any atom is 0.416 e. The molecule has 0 aliphatic heterocycles. The Labute approximate surface area is 137 Å². The number of hydrogen-bond donors (Lipinski definition) is 1. The molecule has 1 N–H and O–H groups in total. The van der Waals surface area contributed by atoms with Crippen molar-refractivity contribution < 1.29 is 18.0 Å². The molecular weight excluding hydrogens is 349 g/mol. The van der Waals surface area contributed by atoms with Crippen LogP contribution in [0.3, 0.4) is 0 Å². The normalized spacial score (nSPS) is 11.7. The highest BCUT2D eigenvalue weighted by atomic mass is 35.5. The Hall–Kier alpha value is -2.12. The number of carbonyl (C=O) groups is 1. The average Bonchev–Trinajstić information content (AvgIpc) is 2.92. The lowest BCUT2D eigenvalue weighted by Gasteiger charge is -2.04. The number of alkyl halides is 3. The molecule has 0 bridgehead atoms. The van der Waals surface area contributed by atoms with E-state index < -0.39 is 17.6 Å². The Kier molecular flexibility index (Phi) is 3.99. The second kappa shape index (κ2) is 5.82. The first-order valence-electron chi connectivity index (χ1n) is 6.37. The lowest BCUT2D eigenvalue weighted by Crippen LogP contribution is -2.11. The summed E-state index contributed by atoms with van der Waals surface area (Å²) >= 11 is 6.79. The topological polar surface area (TPSA) is 42.0 Å². The number of benzene rings is 2. The van der Waals surface area contributed by atoms with E-state index in [2.05, 4.69) is 10.3 Å².